The van der Waals surface area contributed by atoms with Crippen LogP contribution in [0.15, 0.2) is 77.8 Å². The molecule has 0 spiro atoms. The lowest BCUT2D eigenvalue weighted by Gasteiger charge is -2.18. The molecule has 0 aliphatic rings. The molecule has 0 radical (unpaired) electrons. The molecular weight excluding hydrogens is 458 g/mol. The van der Waals surface area contributed by atoms with Crippen molar-refractivity contribution in [3.63, 3.8) is 0 Å². The predicted octanol–water partition coefficient (Wildman–Crippen LogP) is 4.70. The molecule has 1 amide bonds. The first-order chi connectivity index (χ1) is 16.2. The largest absolute Gasteiger partial charge is 0.341 e. The van der Waals surface area contributed by atoms with Crippen LogP contribution < -0.4 is 0 Å². The standard InChI is InChI=1S/C26H24F2N2O3S/c1-18-24(15-25(31)29(2)16-19-6-10-21(27)11-7-19)30-14-4-3-5-23(30)26(18)34(32,33)17-20-8-12-22(28)13-9-20/h3-14H,15-17H2,1-2H3. The maximum absolute atomic E-state index is 13.4. The number of pyridine rings is 1. The number of nitrogens with zero attached hydrogens (tertiary/aromatic N) is 2. The lowest BCUT2D eigenvalue weighted by Crippen LogP contribution is -2.28. The van der Waals surface area contributed by atoms with E-state index in [1.807, 2.05) is 0 Å². The topological polar surface area (TPSA) is 58.9 Å². The Kier molecular flexibility index (Phi) is 6.52. The quantitative estimate of drug-likeness (QED) is 0.384. The molecule has 0 fully saturated rings. The Bertz CT molecular complexity index is 1440. The average Bonchev–Trinajstić information content (AvgIpc) is 3.08. The predicted molar refractivity (Wildman–Crippen MR) is 126 cm³/mol. The van der Waals surface area contributed by atoms with E-state index in [4.69, 9.17) is 0 Å². The minimum Gasteiger partial charge on any atom is -0.341 e. The molecule has 0 atom stereocenters. The highest BCUT2D eigenvalue weighted by molar-refractivity contribution is 7.91. The summed E-state index contributed by atoms with van der Waals surface area (Å²) in [5, 5.41) is 0. The monoisotopic (exact) mass is 482 g/mol. The van der Waals surface area contributed by atoms with Gasteiger partial charge >= 0.3 is 0 Å². The fourth-order valence-electron chi connectivity index (χ4n) is 4.08. The molecule has 0 unspecified atom stereocenters. The van der Waals surface area contributed by atoms with E-state index < -0.39 is 15.7 Å². The van der Waals surface area contributed by atoms with E-state index in [1.54, 1.807) is 54.9 Å². The van der Waals surface area contributed by atoms with Gasteiger partial charge < -0.3 is 9.30 Å². The van der Waals surface area contributed by atoms with Crippen molar-refractivity contribution in [3.05, 3.63) is 107 Å². The maximum Gasteiger partial charge on any atom is 0.228 e. The summed E-state index contributed by atoms with van der Waals surface area (Å²) in [6, 6.07) is 16.5. The SMILES string of the molecule is Cc1c(S(=O)(=O)Cc2ccc(F)cc2)c2ccccn2c1CC(=O)N(C)Cc1ccc(F)cc1. The number of aromatic nitrogens is 1. The van der Waals surface area contributed by atoms with E-state index in [0.29, 0.717) is 28.9 Å². The smallest absolute Gasteiger partial charge is 0.228 e. The van der Waals surface area contributed by atoms with Crippen molar-refractivity contribution < 1.29 is 22.0 Å². The molecule has 8 heteroatoms. The van der Waals surface area contributed by atoms with E-state index in [0.717, 1.165) is 5.56 Å². The maximum atomic E-state index is 13.4. The summed E-state index contributed by atoms with van der Waals surface area (Å²) in [6.45, 7) is 2.00. The zero-order valence-electron chi connectivity index (χ0n) is 18.8. The number of benzene rings is 2. The number of fused-ring (bicyclic) bond motifs is 1. The summed E-state index contributed by atoms with van der Waals surface area (Å²) in [5.41, 5.74) is 2.86. The molecule has 0 aliphatic heterocycles. The van der Waals surface area contributed by atoms with Crippen molar-refractivity contribution in [1.82, 2.24) is 9.30 Å². The molecule has 0 aliphatic carbocycles. The van der Waals surface area contributed by atoms with Crippen LogP contribution in [-0.2, 0) is 33.4 Å². The third-order valence-electron chi connectivity index (χ3n) is 5.82. The van der Waals surface area contributed by atoms with Gasteiger partial charge in [-0.3, -0.25) is 4.79 Å². The number of hydrogen-bond donors (Lipinski definition) is 0. The molecule has 0 bridgehead atoms. The first-order valence-electron chi connectivity index (χ1n) is 10.7. The van der Waals surface area contributed by atoms with Gasteiger partial charge in [-0.1, -0.05) is 30.3 Å². The van der Waals surface area contributed by atoms with Crippen molar-refractivity contribution in [3.8, 4) is 0 Å². The Morgan fingerprint density at radius 1 is 0.912 bits per heavy atom. The number of rotatable bonds is 7. The van der Waals surface area contributed by atoms with Gasteiger partial charge in [-0.15, -0.1) is 0 Å². The Morgan fingerprint density at radius 3 is 2.12 bits per heavy atom. The molecule has 0 saturated heterocycles. The number of likely N-dealkylation sites (N-methyl/N-ethyl adjacent to an activating group) is 1. The van der Waals surface area contributed by atoms with E-state index in [-0.39, 0.29) is 28.8 Å². The van der Waals surface area contributed by atoms with Gasteiger partial charge in [0.1, 0.15) is 11.6 Å². The first-order valence-corrected chi connectivity index (χ1v) is 12.3. The van der Waals surface area contributed by atoms with Crippen LogP contribution in [0.3, 0.4) is 0 Å². The Labute approximate surface area is 197 Å². The molecule has 5 nitrogen and oxygen atoms in total. The summed E-state index contributed by atoms with van der Waals surface area (Å²) >= 11 is 0. The van der Waals surface area contributed by atoms with Crippen LogP contribution in [0, 0.1) is 18.6 Å². The molecule has 176 valence electrons. The number of hydrogen-bond acceptors (Lipinski definition) is 3. The second-order valence-electron chi connectivity index (χ2n) is 8.30. The number of carbonyl (C=O) groups is 1. The fraction of sp³-hybridized carbons (Fsp3) is 0.192. The highest BCUT2D eigenvalue weighted by Crippen LogP contribution is 2.31. The molecule has 2 aromatic heterocycles. The molecule has 0 saturated carbocycles. The number of amides is 1. The zero-order chi connectivity index (χ0) is 24.5. The van der Waals surface area contributed by atoms with E-state index >= 15 is 0 Å². The number of halogens is 2. The second-order valence-corrected chi connectivity index (χ2v) is 10.2. The van der Waals surface area contributed by atoms with Crippen molar-refractivity contribution in [2.24, 2.45) is 0 Å². The lowest BCUT2D eigenvalue weighted by atomic mass is 10.1. The average molecular weight is 483 g/mol. The summed E-state index contributed by atoms with van der Waals surface area (Å²) in [4.78, 5) is 14.7. The Morgan fingerprint density at radius 2 is 1.50 bits per heavy atom. The van der Waals surface area contributed by atoms with Gasteiger partial charge in [0.05, 0.1) is 22.6 Å². The van der Waals surface area contributed by atoms with Gasteiger partial charge in [-0.2, -0.15) is 0 Å². The molecule has 34 heavy (non-hydrogen) atoms. The van der Waals surface area contributed by atoms with Crippen LogP contribution in [0.4, 0.5) is 8.78 Å². The number of carbonyl (C=O) groups excluding carboxylic acids is 1. The minimum atomic E-state index is -3.77. The van der Waals surface area contributed by atoms with E-state index in [2.05, 4.69) is 0 Å². The molecular formula is C26H24F2N2O3S. The van der Waals surface area contributed by atoms with Gasteiger partial charge in [0.25, 0.3) is 0 Å². The van der Waals surface area contributed by atoms with Gasteiger partial charge in [-0.05, 0) is 60.0 Å². The summed E-state index contributed by atoms with van der Waals surface area (Å²) in [6.07, 6.45) is 1.74. The third-order valence-corrected chi connectivity index (χ3v) is 7.67. The molecule has 2 heterocycles. The Balaban J connectivity index is 1.65. The lowest BCUT2D eigenvalue weighted by molar-refractivity contribution is -0.129. The van der Waals surface area contributed by atoms with Crippen LogP contribution in [0.25, 0.3) is 5.52 Å². The molecule has 2 aromatic carbocycles. The highest BCUT2D eigenvalue weighted by Gasteiger charge is 2.27. The highest BCUT2D eigenvalue weighted by atomic mass is 32.2. The van der Waals surface area contributed by atoms with Crippen molar-refractivity contribution in [1.29, 1.82) is 0 Å². The van der Waals surface area contributed by atoms with Crippen LogP contribution in [0.5, 0.6) is 0 Å². The fourth-order valence-corrected chi connectivity index (χ4v) is 5.92. The first kappa shape index (κ1) is 23.6. The van der Waals surface area contributed by atoms with Gasteiger partial charge in [0.15, 0.2) is 9.84 Å². The zero-order valence-corrected chi connectivity index (χ0v) is 19.6. The molecule has 4 aromatic rings. The van der Waals surface area contributed by atoms with E-state index in [9.17, 15) is 22.0 Å². The third kappa shape index (κ3) is 4.87. The van der Waals surface area contributed by atoms with Gasteiger partial charge in [0, 0.05) is 25.5 Å². The van der Waals surface area contributed by atoms with Crippen LogP contribution in [0.1, 0.15) is 22.4 Å². The van der Waals surface area contributed by atoms with Crippen molar-refractivity contribution in [2.45, 2.75) is 30.5 Å². The van der Waals surface area contributed by atoms with Gasteiger partial charge in [-0.25, -0.2) is 17.2 Å². The number of sulfone groups is 1. The van der Waals surface area contributed by atoms with Crippen molar-refractivity contribution >= 4 is 21.3 Å². The van der Waals surface area contributed by atoms with Crippen LogP contribution in [-0.4, -0.2) is 30.7 Å². The second kappa shape index (κ2) is 9.38. The van der Waals surface area contributed by atoms with Crippen molar-refractivity contribution in [2.75, 3.05) is 7.05 Å². The molecule has 0 N–H and O–H groups in total. The van der Waals surface area contributed by atoms with E-state index in [1.165, 1.54) is 41.3 Å². The summed E-state index contributed by atoms with van der Waals surface area (Å²) < 4.78 is 54.9. The summed E-state index contributed by atoms with van der Waals surface area (Å²) in [7, 11) is -2.12. The molecule has 4 rings (SSSR count). The van der Waals surface area contributed by atoms with Crippen LogP contribution in [0.2, 0.25) is 0 Å². The Hall–Kier alpha value is -3.52. The normalized spacial score (nSPS) is 11.6. The van der Waals surface area contributed by atoms with Crippen LogP contribution >= 0.6 is 0 Å². The summed E-state index contributed by atoms with van der Waals surface area (Å²) in [5.74, 6) is -1.25. The van der Waals surface area contributed by atoms with Gasteiger partial charge in [0.2, 0.25) is 5.91 Å². The minimum absolute atomic E-state index is 0.000770.